The molecule has 2 rings (SSSR count). The predicted molar refractivity (Wildman–Crippen MR) is 96.4 cm³/mol. The van der Waals surface area contributed by atoms with Gasteiger partial charge in [-0.05, 0) is 17.7 Å². The van der Waals surface area contributed by atoms with E-state index in [4.69, 9.17) is 34.8 Å². The fourth-order valence-corrected chi connectivity index (χ4v) is 2.77. The predicted octanol–water partition coefficient (Wildman–Crippen LogP) is 3.45. The number of nitrogens with one attached hydrogen (secondary N) is 3. The number of rotatable bonds is 6. The van der Waals surface area contributed by atoms with Crippen LogP contribution in [0.4, 0.5) is 5.69 Å². The average molecular weight is 387 g/mol. The Hall–Kier alpha value is -1.95. The van der Waals surface area contributed by atoms with Crippen molar-refractivity contribution < 1.29 is 9.59 Å². The van der Waals surface area contributed by atoms with Crippen LogP contribution in [0.25, 0.3) is 0 Å². The maximum absolute atomic E-state index is 11.8. The van der Waals surface area contributed by atoms with Crippen molar-refractivity contribution in [2.45, 2.75) is 6.42 Å². The van der Waals surface area contributed by atoms with Crippen LogP contribution in [0.2, 0.25) is 15.1 Å². The zero-order chi connectivity index (χ0) is 17.5. The smallest absolute Gasteiger partial charge is 0.257 e. The lowest BCUT2D eigenvalue weighted by Gasteiger charge is -2.12. The molecule has 2 aromatic rings. The Morgan fingerprint density at radius 3 is 2.17 bits per heavy atom. The van der Waals surface area contributed by atoms with Gasteiger partial charge in [-0.25, -0.2) is 0 Å². The Labute approximate surface area is 154 Å². The molecule has 2 aromatic carbocycles. The summed E-state index contributed by atoms with van der Waals surface area (Å²) in [6.07, 6.45) is 0.205. The van der Waals surface area contributed by atoms with Crippen LogP contribution in [0.5, 0.6) is 0 Å². The molecule has 0 unspecified atom stereocenters. The first-order chi connectivity index (χ1) is 11.5. The Morgan fingerprint density at radius 2 is 1.54 bits per heavy atom. The van der Waals surface area contributed by atoms with E-state index in [0.717, 1.165) is 5.56 Å². The van der Waals surface area contributed by atoms with Crippen molar-refractivity contribution in [1.82, 2.24) is 10.7 Å². The summed E-state index contributed by atoms with van der Waals surface area (Å²) < 4.78 is 0. The first kappa shape index (κ1) is 18.4. The molecular weight excluding hydrogens is 373 g/mol. The maximum Gasteiger partial charge on any atom is 0.257 e. The normalized spacial score (nSPS) is 10.1. The van der Waals surface area contributed by atoms with Gasteiger partial charge >= 0.3 is 0 Å². The Morgan fingerprint density at radius 1 is 0.917 bits per heavy atom. The molecule has 0 aliphatic carbocycles. The summed E-state index contributed by atoms with van der Waals surface area (Å²) in [6.45, 7) is -0.179. The van der Waals surface area contributed by atoms with E-state index in [9.17, 15) is 9.59 Å². The summed E-state index contributed by atoms with van der Waals surface area (Å²) in [4.78, 5) is 23.5. The van der Waals surface area contributed by atoms with E-state index in [1.165, 1.54) is 12.1 Å². The number of carbonyl (C=O) groups is 2. The summed E-state index contributed by atoms with van der Waals surface area (Å²) in [5.41, 5.74) is 6.21. The van der Waals surface area contributed by atoms with Crippen LogP contribution in [0.15, 0.2) is 42.5 Å². The third-order valence-corrected chi connectivity index (χ3v) is 3.80. The summed E-state index contributed by atoms with van der Waals surface area (Å²) in [7, 11) is 0. The fraction of sp³-hybridized carbons (Fsp3) is 0.125. The molecule has 0 aliphatic rings. The molecule has 0 aliphatic heterocycles. The van der Waals surface area contributed by atoms with Crippen molar-refractivity contribution in [1.29, 1.82) is 0 Å². The van der Waals surface area contributed by atoms with E-state index in [1.807, 2.05) is 30.3 Å². The number of halogens is 3. The molecule has 0 bridgehead atoms. The first-order valence-electron chi connectivity index (χ1n) is 6.95. The standard InChI is InChI=1S/C16H14Cl3N3O2/c17-11-7-12(18)16(13(19)8-11)22-21-15(24)9-20-14(23)6-10-4-2-1-3-5-10/h1-5,7-8,22H,6,9H2,(H,20,23)(H,21,24). The molecule has 0 radical (unpaired) electrons. The van der Waals surface area contributed by atoms with Crippen LogP contribution in [0.3, 0.4) is 0 Å². The molecule has 0 saturated heterocycles. The highest BCUT2D eigenvalue weighted by atomic mass is 35.5. The van der Waals surface area contributed by atoms with Crippen molar-refractivity contribution in [3.05, 3.63) is 63.1 Å². The van der Waals surface area contributed by atoms with Crippen molar-refractivity contribution in [3.63, 3.8) is 0 Å². The van der Waals surface area contributed by atoms with E-state index in [2.05, 4.69) is 16.2 Å². The quantitative estimate of drug-likeness (QED) is 0.666. The largest absolute Gasteiger partial charge is 0.347 e. The highest BCUT2D eigenvalue weighted by Gasteiger charge is 2.10. The Balaban J connectivity index is 1.79. The SMILES string of the molecule is O=C(Cc1ccccc1)NCC(=O)NNc1c(Cl)cc(Cl)cc1Cl. The number of hydrogen-bond acceptors (Lipinski definition) is 3. The van der Waals surface area contributed by atoms with Gasteiger partial charge in [0.1, 0.15) is 0 Å². The van der Waals surface area contributed by atoms with Crippen LogP contribution in [0.1, 0.15) is 5.56 Å². The minimum atomic E-state index is -0.446. The number of anilines is 1. The van der Waals surface area contributed by atoms with E-state index in [1.54, 1.807) is 0 Å². The minimum absolute atomic E-state index is 0.179. The van der Waals surface area contributed by atoms with Gasteiger partial charge in [-0.1, -0.05) is 65.1 Å². The maximum atomic E-state index is 11.8. The van der Waals surface area contributed by atoms with Gasteiger partial charge in [-0.15, -0.1) is 0 Å². The topological polar surface area (TPSA) is 70.2 Å². The molecule has 8 heteroatoms. The van der Waals surface area contributed by atoms with Gasteiger partial charge in [0.25, 0.3) is 5.91 Å². The van der Waals surface area contributed by atoms with E-state index in [0.29, 0.717) is 10.7 Å². The molecule has 0 spiro atoms. The second-order valence-electron chi connectivity index (χ2n) is 4.86. The number of amides is 2. The number of carbonyl (C=O) groups excluding carboxylic acids is 2. The molecule has 5 nitrogen and oxygen atoms in total. The van der Waals surface area contributed by atoms with Gasteiger partial charge in [0.15, 0.2) is 0 Å². The monoisotopic (exact) mass is 385 g/mol. The second-order valence-corrected chi connectivity index (χ2v) is 6.11. The van der Waals surface area contributed by atoms with E-state index in [-0.39, 0.29) is 28.9 Å². The van der Waals surface area contributed by atoms with Gasteiger partial charge in [0.2, 0.25) is 5.91 Å². The first-order valence-corrected chi connectivity index (χ1v) is 8.09. The highest BCUT2D eigenvalue weighted by Crippen LogP contribution is 2.32. The van der Waals surface area contributed by atoms with E-state index < -0.39 is 5.91 Å². The molecule has 126 valence electrons. The van der Waals surface area contributed by atoms with Gasteiger partial charge in [0.05, 0.1) is 28.7 Å². The van der Waals surface area contributed by atoms with Crippen LogP contribution in [-0.4, -0.2) is 18.4 Å². The number of hydrogen-bond donors (Lipinski definition) is 3. The lowest BCUT2D eigenvalue weighted by molar-refractivity contribution is -0.125. The van der Waals surface area contributed by atoms with Crippen LogP contribution >= 0.6 is 34.8 Å². The molecule has 3 N–H and O–H groups in total. The van der Waals surface area contributed by atoms with Crippen LogP contribution in [0, 0.1) is 0 Å². The third-order valence-electron chi connectivity index (χ3n) is 2.99. The van der Waals surface area contributed by atoms with Gasteiger partial charge in [-0.2, -0.15) is 0 Å². The van der Waals surface area contributed by atoms with Crippen LogP contribution < -0.4 is 16.2 Å². The zero-order valence-electron chi connectivity index (χ0n) is 12.4. The molecule has 0 atom stereocenters. The molecule has 0 heterocycles. The summed E-state index contributed by atoms with van der Waals surface area (Å²) in [5.74, 6) is -0.697. The second kappa shape index (κ2) is 8.78. The summed E-state index contributed by atoms with van der Waals surface area (Å²) in [6, 6.07) is 12.2. The van der Waals surface area contributed by atoms with Crippen molar-refractivity contribution >= 4 is 52.3 Å². The number of benzene rings is 2. The Kier molecular flexibility index (Phi) is 6.73. The average Bonchev–Trinajstić information content (AvgIpc) is 2.53. The van der Waals surface area contributed by atoms with Crippen molar-refractivity contribution in [2.75, 3.05) is 12.0 Å². The van der Waals surface area contributed by atoms with Gasteiger partial charge < -0.3 is 5.32 Å². The molecule has 0 aromatic heterocycles. The van der Waals surface area contributed by atoms with E-state index >= 15 is 0 Å². The molecule has 2 amide bonds. The highest BCUT2D eigenvalue weighted by molar-refractivity contribution is 6.41. The minimum Gasteiger partial charge on any atom is -0.347 e. The fourth-order valence-electron chi connectivity index (χ4n) is 1.86. The zero-order valence-corrected chi connectivity index (χ0v) is 14.7. The van der Waals surface area contributed by atoms with Gasteiger partial charge in [-0.3, -0.25) is 20.4 Å². The molecule has 0 fully saturated rings. The third kappa shape index (κ3) is 5.60. The van der Waals surface area contributed by atoms with Gasteiger partial charge in [0, 0.05) is 5.02 Å². The molecular formula is C16H14Cl3N3O2. The molecule has 24 heavy (non-hydrogen) atoms. The number of hydrazine groups is 1. The van der Waals surface area contributed by atoms with Crippen LogP contribution in [-0.2, 0) is 16.0 Å². The lowest BCUT2D eigenvalue weighted by Crippen LogP contribution is -2.40. The Bertz CT molecular complexity index is 716. The summed E-state index contributed by atoms with van der Waals surface area (Å²) >= 11 is 17.8. The van der Waals surface area contributed by atoms with Crippen molar-refractivity contribution in [2.24, 2.45) is 0 Å². The van der Waals surface area contributed by atoms with Crippen molar-refractivity contribution in [3.8, 4) is 0 Å². The lowest BCUT2D eigenvalue weighted by atomic mass is 10.1. The molecule has 0 saturated carbocycles. The summed E-state index contributed by atoms with van der Waals surface area (Å²) in [5, 5.41) is 3.44.